The summed E-state index contributed by atoms with van der Waals surface area (Å²) in [6, 6.07) is 16.4. The van der Waals surface area contributed by atoms with Gasteiger partial charge in [-0.05, 0) is 48.2 Å². The average Bonchev–Trinajstić information content (AvgIpc) is 3.50. The highest BCUT2D eigenvalue weighted by Crippen LogP contribution is 2.21. The monoisotopic (exact) mass is 790 g/mol. The first-order chi connectivity index (χ1) is 19.8. The molecule has 41 heavy (non-hydrogen) atoms. The van der Waals surface area contributed by atoms with E-state index in [0.29, 0.717) is 34.5 Å². The lowest BCUT2D eigenvalue weighted by atomic mass is 10.2. The van der Waals surface area contributed by atoms with Gasteiger partial charge < -0.3 is 14.7 Å². The topological polar surface area (TPSA) is 83.8 Å². The number of aromatic amines is 1. The summed E-state index contributed by atoms with van der Waals surface area (Å²) in [6.07, 6.45) is 6.73. The lowest BCUT2D eigenvalue weighted by Gasteiger charge is -2.11. The van der Waals surface area contributed by atoms with Crippen molar-refractivity contribution in [2.24, 2.45) is 0 Å². The number of hydrogen-bond acceptors (Lipinski definition) is 4. The third-order valence-electron chi connectivity index (χ3n) is 5.94. The fraction of sp³-hybridized carbons (Fsp3) is 0.367. The van der Waals surface area contributed by atoms with E-state index in [2.05, 4.69) is 101 Å². The molecular formula is C30H35Br3Cl2N4O2. The van der Waals surface area contributed by atoms with Gasteiger partial charge >= 0.3 is 0 Å². The van der Waals surface area contributed by atoms with Crippen LogP contribution in [-0.4, -0.2) is 30.9 Å². The maximum absolute atomic E-state index is 10.3. The number of aldehydes is 1. The summed E-state index contributed by atoms with van der Waals surface area (Å²) in [4.78, 5) is 21.6. The van der Waals surface area contributed by atoms with Crippen molar-refractivity contribution in [1.29, 1.82) is 0 Å². The van der Waals surface area contributed by atoms with Gasteiger partial charge in [0.2, 0.25) is 0 Å². The molecule has 4 rings (SSSR count). The quantitative estimate of drug-likeness (QED) is 0.117. The molecule has 0 atom stereocenters. The number of alkyl halides is 1. The summed E-state index contributed by atoms with van der Waals surface area (Å²) in [6.45, 7) is 4.85. The van der Waals surface area contributed by atoms with Gasteiger partial charge in [0.25, 0.3) is 0 Å². The molecule has 2 aromatic heterocycles. The highest BCUT2D eigenvalue weighted by molar-refractivity contribution is 9.10. The number of aliphatic hydroxyl groups excluding tert-OH is 1. The van der Waals surface area contributed by atoms with E-state index in [1.165, 1.54) is 5.56 Å². The number of halogens is 5. The molecule has 0 amide bonds. The van der Waals surface area contributed by atoms with Crippen molar-refractivity contribution in [1.82, 2.24) is 19.5 Å². The average molecular weight is 794 g/mol. The van der Waals surface area contributed by atoms with Crippen LogP contribution in [0.15, 0.2) is 57.5 Å². The van der Waals surface area contributed by atoms with Gasteiger partial charge in [0.15, 0.2) is 11.4 Å². The molecule has 2 heterocycles. The number of benzene rings is 2. The van der Waals surface area contributed by atoms with E-state index in [1.54, 1.807) is 0 Å². The van der Waals surface area contributed by atoms with E-state index in [-0.39, 0.29) is 6.61 Å². The zero-order chi connectivity index (χ0) is 30.2. The van der Waals surface area contributed by atoms with E-state index in [1.807, 2.05) is 28.8 Å². The van der Waals surface area contributed by atoms with Crippen molar-refractivity contribution < 1.29 is 9.90 Å². The molecule has 0 unspecified atom stereocenters. The van der Waals surface area contributed by atoms with Crippen LogP contribution in [0, 0.1) is 0 Å². The van der Waals surface area contributed by atoms with Crippen molar-refractivity contribution in [2.45, 2.75) is 70.9 Å². The fourth-order valence-electron chi connectivity index (χ4n) is 3.67. The number of imidazole rings is 2. The second-order valence-electron chi connectivity index (χ2n) is 9.10. The zero-order valence-corrected chi connectivity index (χ0v) is 29.4. The number of aromatic nitrogens is 4. The molecule has 0 saturated heterocycles. The van der Waals surface area contributed by atoms with Crippen LogP contribution in [0.3, 0.4) is 0 Å². The number of unbranched alkanes of at least 4 members (excludes halogenated alkanes) is 2. The summed E-state index contributed by atoms with van der Waals surface area (Å²) in [5.74, 6) is 1.74. The van der Waals surface area contributed by atoms with Crippen LogP contribution in [0.4, 0.5) is 0 Å². The fourth-order valence-corrected chi connectivity index (χ4v) is 5.03. The second kappa shape index (κ2) is 19.7. The van der Waals surface area contributed by atoms with Crippen molar-refractivity contribution >= 4 is 77.3 Å². The second-order valence-corrected chi connectivity index (χ2v) is 12.2. The normalized spacial score (nSPS) is 10.4. The molecule has 0 radical (unpaired) electrons. The predicted molar refractivity (Wildman–Crippen MR) is 179 cm³/mol. The van der Waals surface area contributed by atoms with E-state index in [4.69, 9.17) is 23.2 Å². The molecule has 2 aromatic carbocycles. The van der Waals surface area contributed by atoms with Gasteiger partial charge in [-0.1, -0.05) is 122 Å². The molecule has 6 nitrogen and oxygen atoms in total. The van der Waals surface area contributed by atoms with E-state index in [9.17, 15) is 9.90 Å². The lowest BCUT2D eigenvalue weighted by molar-refractivity contribution is 0.111. The minimum absolute atomic E-state index is 0.0888. The van der Waals surface area contributed by atoms with E-state index in [0.717, 1.165) is 70.0 Å². The Morgan fingerprint density at radius 3 is 1.95 bits per heavy atom. The molecule has 222 valence electrons. The molecule has 11 heteroatoms. The maximum atomic E-state index is 10.3. The molecule has 2 N–H and O–H groups in total. The molecule has 0 fully saturated rings. The number of H-pyrrole nitrogens is 1. The maximum Gasteiger partial charge on any atom is 0.171 e. The minimum atomic E-state index is -0.0888. The Balaban J connectivity index is 0.000000237. The minimum Gasteiger partial charge on any atom is -0.390 e. The van der Waals surface area contributed by atoms with Gasteiger partial charge in [-0.25, -0.2) is 9.97 Å². The van der Waals surface area contributed by atoms with Crippen molar-refractivity contribution in [3.05, 3.63) is 102 Å². The predicted octanol–water partition coefficient (Wildman–Crippen LogP) is 9.74. The number of rotatable bonds is 11. The SMILES string of the molecule is BrCc1ccc(Br)cc1.CCCCc1nc(C=O)c(Cl)[nH]1.CCCCc1nc(Cl)c(CO)n1Cc1ccc(Br)cc1. The first-order valence-electron chi connectivity index (χ1n) is 13.3. The third-order valence-corrected chi connectivity index (χ3v) is 8.24. The Kier molecular flexibility index (Phi) is 17.1. The van der Waals surface area contributed by atoms with E-state index < -0.39 is 0 Å². The van der Waals surface area contributed by atoms with Gasteiger partial charge in [0.1, 0.15) is 22.5 Å². The van der Waals surface area contributed by atoms with Crippen molar-refractivity contribution in [2.75, 3.05) is 0 Å². The number of nitrogens with zero attached hydrogens (tertiary/aromatic N) is 3. The highest BCUT2D eigenvalue weighted by Gasteiger charge is 2.15. The molecule has 0 saturated carbocycles. The van der Waals surface area contributed by atoms with Crippen LogP contribution in [0.25, 0.3) is 0 Å². The molecule has 0 bridgehead atoms. The van der Waals surface area contributed by atoms with Crippen molar-refractivity contribution in [3.8, 4) is 0 Å². The van der Waals surface area contributed by atoms with Crippen LogP contribution in [-0.2, 0) is 31.3 Å². The number of aryl methyl sites for hydroxylation is 2. The van der Waals surface area contributed by atoms with Crippen LogP contribution in [0.5, 0.6) is 0 Å². The number of hydrogen-bond donors (Lipinski definition) is 2. The number of nitrogens with one attached hydrogen (secondary N) is 1. The Morgan fingerprint density at radius 1 is 0.902 bits per heavy atom. The third kappa shape index (κ3) is 12.3. The summed E-state index contributed by atoms with van der Waals surface area (Å²) in [5, 5.41) is 11.2. The Hall–Kier alpha value is -1.49. The molecule has 4 aromatic rings. The summed E-state index contributed by atoms with van der Waals surface area (Å²) in [5.41, 5.74) is 3.47. The summed E-state index contributed by atoms with van der Waals surface area (Å²) < 4.78 is 4.21. The Bertz CT molecular complexity index is 1330. The summed E-state index contributed by atoms with van der Waals surface area (Å²) in [7, 11) is 0. The van der Waals surface area contributed by atoms with Crippen molar-refractivity contribution in [3.63, 3.8) is 0 Å². The number of aliphatic hydroxyl groups is 1. The lowest BCUT2D eigenvalue weighted by Crippen LogP contribution is -2.09. The van der Waals surface area contributed by atoms with E-state index >= 15 is 0 Å². The molecular weight excluding hydrogens is 759 g/mol. The molecule has 0 aliphatic carbocycles. The summed E-state index contributed by atoms with van der Waals surface area (Å²) >= 11 is 22.0. The molecule has 0 aliphatic heterocycles. The highest BCUT2D eigenvalue weighted by atomic mass is 79.9. The number of carbonyl (C=O) groups is 1. The van der Waals surface area contributed by atoms with Gasteiger partial charge in [-0.2, -0.15) is 0 Å². The van der Waals surface area contributed by atoms with Crippen LogP contribution < -0.4 is 0 Å². The Labute approximate surface area is 277 Å². The van der Waals surface area contributed by atoms with Gasteiger partial charge in [0, 0.05) is 33.7 Å². The van der Waals surface area contributed by atoms with Crippen LogP contribution in [0.2, 0.25) is 10.3 Å². The van der Waals surface area contributed by atoms with Gasteiger partial charge in [0.05, 0.1) is 12.3 Å². The Morgan fingerprint density at radius 2 is 1.46 bits per heavy atom. The number of carbonyl (C=O) groups excluding carboxylic acids is 1. The van der Waals surface area contributed by atoms with Gasteiger partial charge in [-0.15, -0.1) is 0 Å². The largest absolute Gasteiger partial charge is 0.390 e. The van der Waals surface area contributed by atoms with Crippen LogP contribution in [0.1, 0.15) is 78.5 Å². The van der Waals surface area contributed by atoms with Gasteiger partial charge in [-0.3, -0.25) is 4.79 Å². The molecule has 0 spiro atoms. The standard InChI is InChI=1S/C15H18BrClN2O.C8H11ClN2O.C7H6Br2/c1-2-3-4-14-18-15(17)13(10-20)19(14)9-11-5-7-12(16)8-6-11;1-2-3-4-7-10-6(5-12)8(9)11-7;8-5-6-1-3-7(9)4-2-6/h5-8,20H,2-4,9-10H2,1H3;5H,2-4H2,1H3,(H,10,11);1-4H,5H2. The first kappa shape index (κ1) is 35.7. The molecule has 0 aliphatic rings. The first-order valence-corrected chi connectivity index (χ1v) is 16.8. The smallest absolute Gasteiger partial charge is 0.171 e. The van der Waals surface area contributed by atoms with Crippen LogP contribution >= 0.6 is 71.0 Å². The zero-order valence-electron chi connectivity index (χ0n) is 23.1.